The van der Waals surface area contributed by atoms with Crippen LogP contribution in [0.25, 0.3) is 6.08 Å². The summed E-state index contributed by atoms with van der Waals surface area (Å²) >= 11 is 0. The van der Waals surface area contributed by atoms with Crippen molar-refractivity contribution in [2.75, 3.05) is 7.11 Å². The Kier molecular flexibility index (Phi) is 5.04. The summed E-state index contributed by atoms with van der Waals surface area (Å²) in [6.45, 7) is 4.78. The fourth-order valence-corrected chi connectivity index (χ4v) is 7.54. The van der Waals surface area contributed by atoms with E-state index in [0.29, 0.717) is 17.8 Å². The third-order valence-corrected chi connectivity index (χ3v) is 9.31. The van der Waals surface area contributed by atoms with Crippen LogP contribution in [-0.2, 0) is 0 Å². The van der Waals surface area contributed by atoms with Crippen LogP contribution in [0.4, 0.5) is 0 Å². The molecule has 0 aliphatic heterocycles. The summed E-state index contributed by atoms with van der Waals surface area (Å²) in [5.41, 5.74) is 4.85. The van der Waals surface area contributed by atoms with Crippen LogP contribution >= 0.6 is 0 Å². The van der Waals surface area contributed by atoms with Crippen molar-refractivity contribution in [3.8, 4) is 5.75 Å². The summed E-state index contributed by atoms with van der Waals surface area (Å²) in [5.74, 6) is 2.63. The van der Waals surface area contributed by atoms with Crippen molar-refractivity contribution in [2.24, 2.45) is 33.7 Å². The van der Waals surface area contributed by atoms with E-state index in [2.05, 4.69) is 43.3 Å². The van der Waals surface area contributed by atoms with Gasteiger partial charge in [-0.05, 0) is 97.5 Å². The number of nitrogens with zero attached hydrogens (tertiary/aromatic N) is 1. The van der Waals surface area contributed by atoms with E-state index in [1.807, 2.05) is 12.1 Å². The second-order valence-electron chi connectivity index (χ2n) is 10.7. The van der Waals surface area contributed by atoms with E-state index in [0.717, 1.165) is 55.5 Å². The SMILES string of the molecule is COc1ccc(/C=C2\C[C@H]3[C@@H]4CC=C5C[C@@H](O)CC[C@]5(C)[C@H]4CC[C@]3(C)\C2=N\O)cc1. The number of aliphatic hydroxyl groups excluding tert-OH is 1. The number of benzene rings is 1. The molecule has 0 unspecified atom stereocenters. The lowest BCUT2D eigenvalue weighted by Gasteiger charge is -2.56. The van der Waals surface area contributed by atoms with E-state index < -0.39 is 0 Å². The van der Waals surface area contributed by atoms with Crippen LogP contribution in [0.15, 0.2) is 46.6 Å². The minimum atomic E-state index is -0.164. The van der Waals surface area contributed by atoms with Gasteiger partial charge in [0.15, 0.2) is 0 Å². The normalized spacial score (nSPS) is 42.0. The molecule has 0 spiro atoms. The summed E-state index contributed by atoms with van der Waals surface area (Å²) in [6.07, 6.45) is 11.7. The number of rotatable bonds is 2. The first-order chi connectivity index (χ1) is 14.9. The third kappa shape index (κ3) is 3.17. The maximum absolute atomic E-state index is 10.2. The molecule has 4 aliphatic rings. The zero-order chi connectivity index (χ0) is 21.8. The van der Waals surface area contributed by atoms with Crippen molar-refractivity contribution in [1.29, 1.82) is 0 Å². The van der Waals surface area contributed by atoms with Crippen LogP contribution in [0, 0.1) is 28.6 Å². The first kappa shape index (κ1) is 20.8. The van der Waals surface area contributed by atoms with Crippen molar-refractivity contribution in [3.63, 3.8) is 0 Å². The summed E-state index contributed by atoms with van der Waals surface area (Å²) < 4.78 is 5.29. The first-order valence-electron chi connectivity index (χ1n) is 11.8. The van der Waals surface area contributed by atoms with E-state index in [-0.39, 0.29) is 16.9 Å². The molecule has 31 heavy (non-hydrogen) atoms. The summed E-state index contributed by atoms with van der Waals surface area (Å²) in [4.78, 5) is 0. The van der Waals surface area contributed by atoms with Gasteiger partial charge in [0.05, 0.1) is 18.9 Å². The van der Waals surface area contributed by atoms with Gasteiger partial charge in [-0.15, -0.1) is 0 Å². The second kappa shape index (κ2) is 7.51. The Morgan fingerprint density at radius 2 is 1.77 bits per heavy atom. The summed E-state index contributed by atoms with van der Waals surface area (Å²) in [6, 6.07) is 8.09. The highest BCUT2D eigenvalue weighted by Gasteiger charge is 2.59. The maximum Gasteiger partial charge on any atom is 0.118 e. The molecular formula is C27H35NO3. The predicted molar refractivity (Wildman–Crippen MR) is 123 cm³/mol. The zero-order valence-corrected chi connectivity index (χ0v) is 19.0. The predicted octanol–water partition coefficient (Wildman–Crippen LogP) is 5.84. The topological polar surface area (TPSA) is 62.0 Å². The number of aliphatic hydroxyl groups is 1. The van der Waals surface area contributed by atoms with Gasteiger partial charge < -0.3 is 15.1 Å². The van der Waals surface area contributed by atoms with Crippen LogP contribution < -0.4 is 4.74 Å². The molecular weight excluding hydrogens is 386 g/mol. The molecule has 3 fully saturated rings. The van der Waals surface area contributed by atoms with Gasteiger partial charge in [0, 0.05) is 5.41 Å². The molecule has 1 aromatic carbocycles. The minimum absolute atomic E-state index is 0.0654. The second-order valence-corrected chi connectivity index (χ2v) is 10.7. The molecule has 4 aliphatic carbocycles. The van der Waals surface area contributed by atoms with E-state index in [4.69, 9.17) is 4.74 Å². The van der Waals surface area contributed by atoms with Crippen LogP contribution in [0.5, 0.6) is 5.75 Å². The highest BCUT2D eigenvalue weighted by molar-refractivity contribution is 6.09. The fraction of sp³-hybridized carbons (Fsp3) is 0.593. The molecule has 0 radical (unpaired) electrons. The lowest BCUT2D eigenvalue weighted by molar-refractivity contribution is -0.0206. The van der Waals surface area contributed by atoms with Crippen molar-refractivity contribution < 1.29 is 15.1 Å². The molecule has 1 aromatic rings. The Morgan fingerprint density at radius 3 is 2.48 bits per heavy atom. The van der Waals surface area contributed by atoms with Gasteiger partial charge >= 0.3 is 0 Å². The molecule has 4 nitrogen and oxygen atoms in total. The molecule has 3 saturated carbocycles. The third-order valence-electron chi connectivity index (χ3n) is 9.31. The molecule has 6 atom stereocenters. The zero-order valence-electron chi connectivity index (χ0n) is 19.0. The molecule has 5 rings (SSSR count). The number of hydrogen-bond donors (Lipinski definition) is 2. The Hall–Kier alpha value is -2.07. The quantitative estimate of drug-likeness (QED) is 0.358. The van der Waals surface area contributed by atoms with Crippen molar-refractivity contribution in [2.45, 2.75) is 64.9 Å². The van der Waals surface area contributed by atoms with Crippen LogP contribution in [0.1, 0.15) is 64.4 Å². The van der Waals surface area contributed by atoms with E-state index in [1.54, 1.807) is 7.11 Å². The monoisotopic (exact) mass is 421 g/mol. The number of methoxy groups -OCH3 is 1. The number of fused-ring (bicyclic) bond motifs is 5. The van der Waals surface area contributed by atoms with E-state index in [9.17, 15) is 10.3 Å². The number of oxime groups is 1. The molecule has 0 saturated heterocycles. The van der Waals surface area contributed by atoms with Gasteiger partial charge in [-0.25, -0.2) is 0 Å². The lowest BCUT2D eigenvalue weighted by Crippen LogP contribution is -2.50. The van der Waals surface area contributed by atoms with Gasteiger partial charge in [0.1, 0.15) is 5.75 Å². The van der Waals surface area contributed by atoms with Crippen molar-refractivity contribution >= 4 is 11.8 Å². The van der Waals surface area contributed by atoms with Crippen molar-refractivity contribution in [1.82, 2.24) is 0 Å². The molecule has 4 heteroatoms. The first-order valence-corrected chi connectivity index (χ1v) is 11.8. The van der Waals surface area contributed by atoms with Crippen LogP contribution in [-0.4, -0.2) is 29.2 Å². The number of hydrogen-bond acceptors (Lipinski definition) is 4. The van der Waals surface area contributed by atoms with Gasteiger partial charge in [-0.1, -0.05) is 42.8 Å². The number of allylic oxidation sites excluding steroid dienone is 2. The lowest BCUT2D eigenvalue weighted by atomic mass is 9.48. The smallest absolute Gasteiger partial charge is 0.118 e. The number of ether oxygens (including phenoxy) is 1. The molecule has 0 bridgehead atoms. The Balaban J connectivity index is 1.48. The van der Waals surface area contributed by atoms with E-state index in [1.165, 1.54) is 17.6 Å². The summed E-state index contributed by atoms with van der Waals surface area (Å²) in [7, 11) is 1.68. The average molecular weight is 422 g/mol. The molecule has 0 heterocycles. The largest absolute Gasteiger partial charge is 0.497 e. The molecule has 0 aromatic heterocycles. The van der Waals surface area contributed by atoms with Crippen LogP contribution in [0.3, 0.4) is 0 Å². The fourth-order valence-electron chi connectivity index (χ4n) is 7.54. The highest BCUT2D eigenvalue weighted by Crippen LogP contribution is 2.65. The Morgan fingerprint density at radius 1 is 1.03 bits per heavy atom. The van der Waals surface area contributed by atoms with Gasteiger partial charge in [0.25, 0.3) is 0 Å². The minimum Gasteiger partial charge on any atom is -0.497 e. The molecule has 166 valence electrons. The van der Waals surface area contributed by atoms with Gasteiger partial charge in [-0.2, -0.15) is 0 Å². The maximum atomic E-state index is 10.2. The van der Waals surface area contributed by atoms with E-state index >= 15 is 0 Å². The molecule has 0 amide bonds. The van der Waals surface area contributed by atoms with Crippen LogP contribution in [0.2, 0.25) is 0 Å². The Bertz CT molecular complexity index is 946. The summed E-state index contributed by atoms with van der Waals surface area (Å²) in [5, 5.41) is 24.2. The molecule has 2 N–H and O–H groups in total. The van der Waals surface area contributed by atoms with Crippen molar-refractivity contribution in [3.05, 3.63) is 47.1 Å². The standard InChI is InChI=1S/C27H35NO3/c1-26-12-10-20(29)16-19(26)6-9-22-23(26)11-13-27(2)24(22)15-18(25(27)28-30)14-17-4-7-21(31-3)8-5-17/h4-8,14,20,22-24,29-30H,9-13,15-16H2,1-3H3/b18-14+,28-25+/t20-,22+,23-,24-,26-,27-/m0/s1. The highest BCUT2D eigenvalue weighted by atomic mass is 16.5. The Labute approximate surface area is 185 Å². The van der Waals surface area contributed by atoms with Gasteiger partial charge in [-0.3, -0.25) is 0 Å². The average Bonchev–Trinajstić information content (AvgIpc) is 3.05. The van der Waals surface area contributed by atoms with Gasteiger partial charge in [0.2, 0.25) is 0 Å².